The van der Waals surface area contributed by atoms with Gasteiger partial charge in [0.2, 0.25) is 7.41 Å². The van der Waals surface area contributed by atoms with Crippen LogP contribution in [0.15, 0.2) is 12.7 Å². The minimum absolute atomic E-state index is 0.112. The Morgan fingerprint density at radius 1 is 1.80 bits per heavy atom. The van der Waals surface area contributed by atoms with E-state index in [9.17, 15) is 9.90 Å². The molecule has 4 N–H and O–H groups in total. The van der Waals surface area contributed by atoms with Gasteiger partial charge in [0.15, 0.2) is 0 Å². The van der Waals surface area contributed by atoms with Crippen LogP contribution >= 0.6 is 0 Å². The van der Waals surface area contributed by atoms with Crippen molar-refractivity contribution in [3.8, 4) is 0 Å². The Balaban J connectivity index is 4.87. The van der Waals surface area contributed by atoms with Crippen LogP contribution in [0.4, 0.5) is 0 Å². The molecule has 0 amide bonds. The van der Waals surface area contributed by atoms with E-state index in [1.54, 1.807) is 6.08 Å². The predicted octanol–water partition coefficient (Wildman–Crippen LogP) is 0.913. The van der Waals surface area contributed by atoms with Crippen LogP contribution in [0.25, 0.3) is 0 Å². The molecule has 0 aliphatic heterocycles. The smallest absolute Gasteiger partial charge is 0.309 e. The van der Waals surface area contributed by atoms with Gasteiger partial charge in [-0.3, -0.25) is 10.6 Å². The highest BCUT2D eigenvalue weighted by Gasteiger charge is 2.41. The molecular formula is C10H21BN2O2. The first-order valence-corrected chi connectivity index (χ1v) is 5.32. The van der Waals surface area contributed by atoms with Gasteiger partial charge in [-0.2, -0.15) is 0 Å². The minimum atomic E-state index is -0.757. The van der Waals surface area contributed by atoms with Gasteiger partial charge in [0, 0.05) is 0 Å². The Labute approximate surface area is 92.2 Å². The number of carboxylic acid groups (broad SMARTS) is 1. The lowest BCUT2D eigenvalue weighted by molar-refractivity contribution is -0.150. The summed E-state index contributed by atoms with van der Waals surface area (Å²) in [5, 5.41) is 11.9. The average Bonchev–Trinajstić information content (AvgIpc) is 2.22. The highest BCUT2D eigenvalue weighted by molar-refractivity contribution is 6.32. The van der Waals surface area contributed by atoms with Crippen LogP contribution in [0, 0.1) is 11.3 Å². The number of nitrogens with two attached hydrogens (primary N) is 1. The van der Waals surface area contributed by atoms with Crippen LogP contribution < -0.4 is 11.2 Å². The van der Waals surface area contributed by atoms with E-state index < -0.39 is 11.4 Å². The summed E-state index contributed by atoms with van der Waals surface area (Å²) in [6.07, 6.45) is 3.53. The molecule has 0 rings (SSSR count). The van der Waals surface area contributed by atoms with Gasteiger partial charge in [-0.1, -0.05) is 26.3 Å². The topological polar surface area (TPSA) is 75.3 Å². The van der Waals surface area contributed by atoms with Crippen molar-refractivity contribution >= 4 is 13.4 Å². The molecule has 86 valence electrons. The van der Waals surface area contributed by atoms with Crippen LogP contribution in [-0.2, 0) is 4.79 Å². The van der Waals surface area contributed by atoms with E-state index in [4.69, 9.17) is 5.84 Å². The maximum absolute atomic E-state index is 11.4. The molecule has 1 unspecified atom stereocenters. The van der Waals surface area contributed by atoms with Crippen LogP contribution in [0.1, 0.15) is 26.7 Å². The van der Waals surface area contributed by atoms with E-state index in [0.717, 1.165) is 6.42 Å². The van der Waals surface area contributed by atoms with Gasteiger partial charge in [0.05, 0.1) is 5.41 Å². The number of nitrogens with one attached hydrogen (secondary N) is 1. The van der Waals surface area contributed by atoms with Gasteiger partial charge < -0.3 is 10.4 Å². The standard InChI is InChI=1S/C10H21BN2O2/c1-4-6-10(9(14)15,7-11-13-12)8(3)5-2/h4,8,11,13H,1,5-7,12H2,2-3H3,(H,14,15)/t8?,10-/m0/s1. The molecule has 0 bridgehead atoms. The van der Waals surface area contributed by atoms with Crippen LogP contribution in [-0.4, -0.2) is 18.5 Å². The molecule has 0 aliphatic rings. The Morgan fingerprint density at radius 2 is 2.40 bits per heavy atom. The lowest BCUT2D eigenvalue weighted by Gasteiger charge is -2.33. The number of hydrogen-bond donors (Lipinski definition) is 3. The van der Waals surface area contributed by atoms with Gasteiger partial charge in [-0.25, -0.2) is 0 Å². The molecule has 0 saturated carbocycles. The number of aliphatic carboxylic acids is 1. The van der Waals surface area contributed by atoms with E-state index >= 15 is 0 Å². The van der Waals surface area contributed by atoms with Crippen LogP contribution in [0.5, 0.6) is 0 Å². The Kier molecular flexibility index (Phi) is 6.28. The summed E-state index contributed by atoms with van der Waals surface area (Å²) in [5.74, 6) is 4.56. The molecule has 0 fully saturated rings. The second-order valence-corrected chi connectivity index (χ2v) is 3.97. The van der Waals surface area contributed by atoms with Crippen molar-refractivity contribution < 1.29 is 9.90 Å². The second-order valence-electron chi connectivity index (χ2n) is 3.97. The fourth-order valence-corrected chi connectivity index (χ4v) is 1.90. The lowest BCUT2D eigenvalue weighted by atomic mass is 9.62. The summed E-state index contributed by atoms with van der Waals surface area (Å²) in [4.78, 5) is 11.4. The van der Waals surface area contributed by atoms with E-state index in [0.29, 0.717) is 20.2 Å². The number of hydrazine groups is 1. The summed E-state index contributed by atoms with van der Waals surface area (Å²) in [6, 6.07) is 0. The molecular weight excluding hydrogens is 191 g/mol. The highest BCUT2D eigenvalue weighted by Crippen LogP contribution is 2.38. The molecule has 15 heavy (non-hydrogen) atoms. The zero-order valence-corrected chi connectivity index (χ0v) is 9.62. The van der Waals surface area contributed by atoms with Crippen molar-refractivity contribution in [3.63, 3.8) is 0 Å². The summed E-state index contributed by atoms with van der Waals surface area (Å²) >= 11 is 0. The van der Waals surface area contributed by atoms with E-state index in [1.807, 2.05) is 13.8 Å². The van der Waals surface area contributed by atoms with Crippen molar-refractivity contribution in [2.24, 2.45) is 17.2 Å². The van der Waals surface area contributed by atoms with Crippen LogP contribution in [0.3, 0.4) is 0 Å². The molecule has 0 radical (unpaired) electrons. The fourth-order valence-electron chi connectivity index (χ4n) is 1.90. The van der Waals surface area contributed by atoms with E-state index in [1.165, 1.54) is 0 Å². The van der Waals surface area contributed by atoms with Gasteiger partial charge in [-0.15, -0.1) is 6.58 Å². The lowest BCUT2D eigenvalue weighted by Crippen LogP contribution is -2.41. The molecule has 5 heteroatoms. The van der Waals surface area contributed by atoms with Crippen LogP contribution in [0.2, 0.25) is 6.32 Å². The number of carboxylic acids is 1. The van der Waals surface area contributed by atoms with Crippen molar-refractivity contribution in [2.45, 2.75) is 33.0 Å². The summed E-state index contributed by atoms with van der Waals surface area (Å²) in [7, 11) is 0.504. The van der Waals surface area contributed by atoms with Crippen molar-refractivity contribution in [2.75, 3.05) is 0 Å². The SMILES string of the molecule is C=CC[C@@](CBNN)(C(=O)O)C(C)CC. The van der Waals surface area contributed by atoms with Crippen molar-refractivity contribution in [3.05, 3.63) is 12.7 Å². The van der Waals surface area contributed by atoms with Gasteiger partial charge in [0.25, 0.3) is 0 Å². The third-order valence-electron chi connectivity index (χ3n) is 3.21. The maximum Gasteiger partial charge on any atom is 0.309 e. The first-order chi connectivity index (χ1) is 7.05. The zero-order chi connectivity index (χ0) is 11.9. The second kappa shape index (κ2) is 6.64. The molecule has 0 heterocycles. The molecule has 0 saturated heterocycles. The molecule has 0 aromatic rings. The molecule has 0 aliphatic carbocycles. The molecule has 0 aromatic carbocycles. The Hall–Kier alpha value is -0.805. The van der Waals surface area contributed by atoms with Crippen molar-refractivity contribution in [1.82, 2.24) is 5.34 Å². The largest absolute Gasteiger partial charge is 0.481 e. The monoisotopic (exact) mass is 212 g/mol. The number of rotatable bonds is 8. The molecule has 4 nitrogen and oxygen atoms in total. The minimum Gasteiger partial charge on any atom is -0.481 e. The van der Waals surface area contributed by atoms with Crippen molar-refractivity contribution in [1.29, 1.82) is 0 Å². The summed E-state index contributed by atoms with van der Waals surface area (Å²) < 4.78 is 0. The summed E-state index contributed by atoms with van der Waals surface area (Å²) in [6.45, 7) is 7.61. The quantitative estimate of drug-likeness (QED) is 0.242. The van der Waals surface area contributed by atoms with Gasteiger partial charge in [0.1, 0.15) is 0 Å². The normalized spacial score (nSPS) is 16.5. The maximum atomic E-state index is 11.4. The molecule has 2 atom stereocenters. The summed E-state index contributed by atoms with van der Waals surface area (Å²) in [5.41, 5.74) is -0.733. The average molecular weight is 212 g/mol. The fraction of sp³-hybridized carbons (Fsp3) is 0.700. The van der Waals surface area contributed by atoms with E-state index in [-0.39, 0.29) is 5.92 Å². The van der Waals surface area contributed by atoms with Gasteiger partial charge in [-0.05, 0) is 18.7 Å². The Bertz CT molecular complexity index is 223. The number of carbonyl (C=O) groups is 1. The number of hydrogen-bond acceptors (Lipinski definition) is 3. The van der Waals surface area contributed by atoms with E-state index in [2.05, 4.69) is 11.9 Å². The van der Waals surface area contributed by atoms with Gasteiger partial charge >= 0.3 is 5.97 Å². The third-order valence-corrected chi connectivity index (χ3v) is 3.21. The molecule has 0 aromatic heterocycles. The predicted molar refractivity (Wildman–Crippen MR) is 63.6 cm³/mol. The zero-order valence-electron chi connectivity index (χ0n) is 9.62. The first-order valence-electron chi connectivity index (χ1n) is 5.32. The highest BCUT2D eigenvalue weighted by atomic mass is 16.4. The first kappa shape index (κ1) is 14.2. The Morgan fingerprint density at radius 3 is 2.73 bits per heavy atom. The third kappa shape index (κ3) is 3.36. The molecule has 0 spiro atoms. The number of allylic oxidation sites excluding steroid dienone is 1.